The summed E-state index contributed by atoms with van der Waals surface area (Å²) in [5.41, 5.74) is 3.09. The molecule has 0 aromatic heterocycles. The molecule has 0 radical (unpaired) electrons. The van der Waals surface area contributed by atoms with Gasteiger partial charge in [0.2, 0.25) is 0 Å². The third-order valence-corrected chi connectivity index (χ3v) is 5.23. The van der Waals surface area contributed by atoms with Crippen molar-refractivity contribution in [3.63, 3.8) is 0 Å². The van der Waals surface area contributed by atoms with Crippen LogP contribution in [0.5, 0.6) is 11.5 Å². The molecule has 2 N–H and O–H groups in total. The van der Waals surface area contributed by atoms with Gasteiger partial charge in [0.1, 0.15) is 11.5 Å². The Bertz CT molecular complexity index is 998. The number of ether oxygens (including phenoxy) is 2. The number of hydrogen-bond acceptors (Lipinski definition) is 5. The number of methoxy groups -OCH3 is 2. The normalized spacial score (nSPS) is 11.7. The van der Waals surface area contributed by atoms with Crippen LogP contribution in [0.2, 0.25) is 0 Å². The molecule has 6 heteroatoms. The molecule has 0 fully saturated rings. The van der Waals surface area contributed by atoms with Crippen LogP contribution in [0.1, 0.15) is 36.5 Å². The van der Waals surface area contributed by atoms with Crippen molar-refractivity contribution in [3.05, 3.63) is 95.6 Å². The van der Waals surface area contributed by atoms with Crippen molar-refractivity contribution in [2.75, 3.05) is 14.2 Å². The van der Waals surface area contributed by atoms with Gasteiger partial charge in [-0.1, -0.05) is 67.9 Å². The van der Waals surface area contributed by atoms with E-state index in [0.29, 0.717) is 29.0 Å². The van der Waals surface area contributed by atoms with E-state index in [2.05, 4.69) is 10.5 Å². The first-order chi connectivity index (χ1) is 15.5. The minimum absolute atomic E-state index is 0.396. The zero-order chi connectivity index (χ0) is 23.0. The molecule has 3 aromatic rings. The Balaban J connectivity index is 2.00. The van der Waals surface area contributed by atoms with E-state index in [0.717, 1.165) is 17.7 Å². The van der Waals surface area contributed by atoms with Crippen molar-refractivity contribution < 1.29 is 19.4 Å². The van der Waals surface area contributed by atoms with Gasteiger partial charge in [-0.2, -0.15) is 5.10 Å². The van der Waals surface area contributed by atoms with E-state index in [1.54, 1.807) is 62.8 Å². The Kier molecular flexibility index (Phi) is 7.63. The van der Waals surface area contributed by atoms with Gasteiger partial charge in [-0.15, -0.1) is 0 Å². The van der Waals surface area contributed by atoms with Crippen LogP contribution < -0.4 is 14.9 Å². The molecule has 0 heterocycles. The van der Waals surface area contributed by atoms with Gasteiger partial charge < -0.3 is 14.6 Å². The van der Waals surface area contributed by atoms with Crippen molar-refractivity contribution in [1.82, 2.24) is 5.43 Å². The van der Waals surface area contributed by atoms with Crippen LogP contribution in [0.4, 0.5) is 0 Å². The molecule has 0 aliphatic heterocycles. The largest absolute Gasteiger partial charge is 0.497 e. The zero-order valence-electron chi connectivity index (χ0n) is 18.5. The summed E-state index contributed by atoms with van der Waals surface area (Å²) in [5.74, 6) is 0.592. The Morgan fingerprint density at radius 1 is 0.875 bits per heavy atom. The van der Waals surface area contributed by atoms with Crippen LogP contribution >= 0.6 is 0 Å². The van der Waals surface area contributed by atoms with Gasteiger partial charge in [0.05, 0.1) is 19.9 Å². The van der Waals surface area contributed by atoms with Crippen LogP contribution in [-0.2, 0) is 10.4 Å². The van der Waals surface area contributed by atoms with Gasteiger partial charge in [0.15, 0.2) is 5.60 Å². The molecule has 0 atom stereocenters. The van der Waals surface area contributed by atoms with E-state index < -0.39 is 11.5 Å². The first-order valence-corrected chi connectivity index (χ1v) is 10.5. The average Bonchev–Trinajstić information content (AvgIpc) is 2.86. The highest BCUT2D eigenvalue weighted by atomic mass is 16.5. The zero-order valence-corrected chi connectivity index (χ0v) is 18.5. The molecule has 0 bridgehead atoms. The summed E-state index contributed by atoms with van der Waals surface area (Å²) in [7, 11) is 3.12. The van der Waals surface area contributed by atoms with Gasteiger partial charge in [-0.05, 0) is 47.4 Å². The molecule has 32 heavy (non-hydrogen) atoms. The topological polar surface area (TPSA) is 80.2 Å². The van der Waals surface area contributed by atoms with Crippen molar-refractivity contribution >= 4 is 11.6 Å². The maximum absolute atomic E-state index is 13.4. The highest BCUT2D eigenvalue weighted by Gasteiger charge is 2.40. The summed E-state index contributed by atoms with van der Waals surface area (Å²) in [4.78, 5) is 13.4. The number of benzene rings is 3. The lowest BCUT2D eigenvalue weighted by atomic mass is 9.85. The quantitative estimate of drug-likeness (QED) is 0.391. The molecular formula is C26H28N2O4. The Hall–Kier alpha value is -3.64. The number of carbonyl (C=O) groups excluding carboxylic acids is 1. The van der Waals surface area contributed by atoms with Crippen LogP contribution in [0, 0.1) is 0 Å². The second-order valence-electron chi connectivity index (χ2n) is 7.28. The lowest BCUT2D eigenvalue weighted by molar-refractivity contribution is -0.136. The molecule has 0 saturated carbocycles. The van der Waals surface area contributed by atoms with Crippen molar-refractivity contribution in [1.29, 1.82) is 0 Å². The molecule has 0 saturated heterocycles. The average molecular weight is 433 g/mol. The third-order valence-electron chi connectivity index (χ3n) is 5.23. The van der Waals surface area contributed by atoms with Gasteiger partial charge in [-0.3, -0.25) is 4.79 Å². The summed E-state index contributed by atoms with van der Waals surface area (Å²) in [6.45, 7) is 2.05. The van der Waals surface area contributed by atoms with Crippen molar-refractivity contribution in [2.45, 2.75) is 25.4 Å². The number of aliphatic hydroxyl groups is 1. The predicted octanol–water partition coefficient (Wildman–Crippen LogP) is 4.26. The molecule has 1 amide bonds. The van der Waals surface area contributed by atoms with Gasteiger partial charge in [0, 0.05) is 0 Å². The monoisotopic (exact) mass is 432 g/mol. The minimum Gasteiger partial charge on any atom is -0.497 e. The second-order valence-corrected chi connectivity index (χ2v) is 7.28. The molecule has 6 nitrogen and oxygen atoms in total. The van der Waals surface area contributed by atoms with E-state index >= 15 is 0 Å². The number of hydrogen-bond donors (Lipinski definition) is 2. The Morgan fingerprint density at radius 2 is 1.38 bits per heavy atom. The fourth-order valence-electron chi connectivity index (χ4n) is 3.42. The van der Waals surface area contributed by atoms with E-state index in [1.165, 1.54) is 0 Å². The SMILES string of the molecule is CCCC(=NNC(=O)C(O)(c1ccc(OC)cc1)c1ccc(OC)cc1)c1ccccc1. The van der Waals surface area contributed by atoms with E-state index in [-0.39, 0.29) is 0 Å². The highest BCUT2D eigenvalue weighted by molar-refractivity contribution is 6.01. The predicted molar refractivity (Wildman–Crippen MR) is 125 cm³/mol. The summed E-state index contributed by atoms with van der Waals surface area (Å²) >= 11 is 0. The first kappa shape index (κ1) is 23.0. The number of nitrogens with zero attached hydrogens (tertiary/aromatic N) is 1. The minimum atomic E-state index is -1.96. The van der Waals surface area contributed by atoms with Crippen LogP contribution in [0.3, 0.4) is 0 Å². The van der Waals surface area contributed by atoms with Crippen LogP contribution in [-0.4, -0.2) is 30.9 Å². The van der Waals surface area contributed by atoms with E-state index in [1.807, 2.05) is 37.3 Å². The molecule has 166 valence electrons. The number of rotatable bonds is 9. The number of amides is 1. The van der Waals surface area contributed by atoms with Gasteiger partial charge >= 0.3 is 0 Å². The Morgan fingerprint density at radius 3 is 1.81 bits per heavy atom. The number of nitrogens with one attached hydrogen (secondary N) is 1. The van der Waals surface area contributed by atoms with Crippen LogP contribution in [0.15, 0.2) is 84.0 Å². The van der Waals surface area contributed by atoms with Gasteiger partial charge in [0.25, 0.3) is 5.91 Å². The van der Waals surface area contributed by atoms with E-state index in [4.69, 9.17) is 9.47 Å². The Labute approximate surface area is 188 Å². The molecule has 0 spiro atoms. The fraction of sp³-hybridized carbons (Fsp3) is 0.231. The summed E-state index contributed by atoms with van der Waals surface area (Å²) < 4.78 is 10.4. The van der Waals surface area contributed by atoms with E-state index in [9.17, 15) is 9.90 Å². The molecule has 0 aliphatic carbocycles. The lowest BCUT2D eigenvalue weighted by Gasteiger charge is -2.27. The lowest BCUT2D eigenvalue weighted by Crippen LogP contribution is -2.44. The molecular weight excluding hydrogens is 404 g/mol. The molecule has 0 unspecified atom stereocenters. The fourth-order valence-corrected chi connectivity index (χ4v) is 3.42. The number of carbonyl (C=O) groups is 1. The summed E-state index contributed by atoms with van der Waals surface area (Å²) in [6.07, 6.45) is 1.55. The first-order valence-electron chi connectivity index (χ1n) is 10.5. The third kappa shape index (κ3) is 4.98. The summed E-state index contributed by atoms with van der Waals surface area (Å²) in [5, 5.41) is 16.1. The van der Waals surface area contributed by atoms with Crippen LogP contribution in [0.25, 0.3) is 0 Å². The van der Waals surface area contributed by atoms with Crippen molar-refractivity contribution in [2.24, 2.45) is 5.10 Å². The summed E-state index contributed by atoms with van der Waals surface area (Å²) in [6, 6.07) is 23.1. The van der Waals surface area contributed by atoms with Gasteiger partial charge in [-0.25, -0.2) is 5.43 Å². The number of hydrazone groups is 1. The molecule has 3 rings (SSSR count). The van der Waals surface area contributed by atoms with Crippen molar-refractivity contribution in [3.8, 4) is 11.5 Å². The highest BCUT2D eigenvalue weighted by Crippen LogP contribution is 2.32. The maximum atomic E-state index is 13.4. The smallest absolute Gasteiger partial charge is 0.281 e. The standard InChI is InChI=1S/C26H28N2O4/c1-4-8-24(19-9-6-5-7-10-19)27-28-25(29)26(30,20-11-15-22(31-2)16-12-20)21-13-17-23(32-3)18-14-21/h5-7,9-18,30H,4,8H2,1-3H3,(H,28,29). The maximum Gasteiger partial charge on any atom is 0.281 e. The molecule has 0 aliphatic rings. The molecule has 3 aromatic carbocycles. The second kappa shape index (κ2) is 10.6.